The van der Waals surface area contributed by atoms with Gasteiger partial charge in [-0.3, -0.25) is 0 Å². The van der Waals surface area contributed by atoms with E-state index in [9.17, 15) is 0 Å². The molecular weight excluding hydrogens is 849 g/mol. The molecule has 0 saturated heterocycles. The van der Waals surface area contributed by atoms with E-state index in [1.54, 1.807) is 0 Å². The first-order chi connectivity index (χ1) is 24.6. The van der Waals surface area contributed by atoms with Crippen molar-refractivity contribution < 1.29 is 54.6 Å². The van der Waals surface area contributed by atoms with Crippen LogP contribution in [0.1, 0.15) is 41.5 Å². The van der Waals surface area contributed by atoms with E-state index in [4.69, 9.17) is 5.63 Å². The standard InChI is InChI=1S/2C22H23OPS.2ClH.Zr/c2*1-22(2,3)25-20-16-10-15-19(21(20)23)24(17-11-6-4-7-12-17)18-13-8-5-9-14-18;;;/h2*4-16,23H,1-3H3;2*1H;/q;;;;+4/p-4. The van der Waals surface area contributed by atoms with Crippen molar-refractivity contribution in [2.24, 2.45) is 0 Å². The van der Waals surface area contributed by atoms with Crippen LogP contribution in [0.15, 0.2) is 168 Å². The summed E-state index contributed by atoms with van der Waals surface area (Å²) in [5.74, 6) is 1.94. The van der Waals surface area contributed by atoms with Crippen LogP contribution in [0, 0.1) is 0 Å². The van der Waals surface area contributed by atoms with Crippen LogP contribution >= 0.6 is 39.4 Å². The first kappa shape index (κ1) is 43.7. The third kappa shape index (κ3) is 12.0. The van der Waals surface area contributed by atoms with Crippen LogP contribution < -0.4 is 62.3 Å². The molecular formula is C44H44Cl2O2P2S2Zr. The average molecular weight is 893 g/mol. The molecule has 272 valence electrons. The zero-order valence-electron chi connectivity index (χ0n) is 30.8. The summed E-state index contributed by atoms with van der Waals surface area (Å²) in [7, 11) is -1.73. The molecule has 2 nitrogen and oxygen atoms in total. The molecule has 6 rings (SSSR count). The third-order valence-electron chi connectivity index (χ3n) is 7.58. The minimum absolute atomic E-state index is 0. The molecule has 0 unspecified atom stereocenters. The van der Waals surface area contributed by atoms with Crippen molar-refractivity contribution in [1.82, 2.24) is 0 Å². The quantitative estimate of drug-likeness (QED) is 0.135. The van der Waals surface area contributed by atoms with Crippen LogP contribution in [0.5, 0.6) is 11.5 Å². The molecule has 0 fully saturated rings. The van der Waals surface area contributed by atoms with Gasteiger partial charge < -0.3 is 24.8 Å². The van der Waals surface area contributed by atoms with Crippen LogP contribution in [0.25, 0.3) is 0 Å². The van der Waals surface area contributed by atoms with Crippen molar-refractivity contribution in [3.63, 3.8) is 0 Å². The molecule has 9 heteroatoms. The van der Waals surface area contributed by atoms with Crippen molar-refractivity contribution in [3.8, 4) is 11.5 Å². The normalized spacial score (nSPS) is 11.3. The molecule has 0 aromatic heterocycles. The average Bonchev–Trinajstić information content (AvgIpc) is 3.11. The molecule has 0 bridgehead atoms. The summed E-state index contributed by atoms with van der Waals surface area (Å²) in [5, 5.41) is 7.68. The van der Waals surface area contributed by atoms with Crippen LogP contribution in [0.3, 0.4) is 0 Å². The molecule has 0 atom stereocenters. The molecule has 0 spiro atoms. The molecule has 0 radical (unpaired) electrons. The predicted molar refractivity (Wildman–Crippen MR) is 223 cm³/mol. The Labute approximate surface area is 352 Å². The SMILES string of the molecule is CC(C)(C)Sc1cccc(P(c2ccccc2)c2ccccc2)c1[O][Zr+2][O]c1c(SC(C)(C)C)cccc1P(c1ccccc1)c1ccccc1.[Cl-].[Cl-]. The summed E-state index contributed by atoms with van der Waals surface area (Å²) in [6.07, 6.45) is 0. The number of halogens is 2. The molecule has 0 saturated carbocycles. The van der Waals surface area contributed by atoms with Gasteiger partial charge in [-0.2, -0.15) is 0 Å². The molecule has 0 amide bonds. The second kappa shape index (κ2) is 20.2. The summed E-state index contributed by atoms with van der Waals surface area (Å²) in [6, 6.07) is 56.9. The Kier molecular flexibility index (Phi) is 16.6. The van der Waals surface area contributed by atoms with Gasteiger partial charge in [-0.1, -0.05) is 0 Å². The van der Waals surface area contributed by atoms with Gasteiger partial charge in [0.2, 0.25) is 0 Å². The fourth-order valence-corrected chi connectivity index (χ4v) is 15.1. The van der Waals surface area contributed by atoms with Gasteiger partial charge in [-0.25, -0.2) is 0 Å². The molecule has 0 heterocycles. The fraction of sp³-hybridized carbons (Fsp3) is 0.182. The van der Waals surface area contributed by atoms with Crippen molar-refractivity contribution in [1.29, 1.82) is 0 Å². The summed E-state index contributed by atoms with van der Waals surface area (Å²) < 4.78 is 14.2. The molecule has 6 aromatic rings. The van der Waals surface area contributed by atoms with Gasteiger partial charge in [0.05, 0.1) is 0 Å². The summed E-state index contributed by atoms with van der Waals surface area (Å²) in [6.45, 7) is 13.6. The number of rotatable bonds is 12. The number of hydrogen-bond acceptors (Lipinski definition) is 4. The first-order valence-corrected chi connectivity index (χ1v) is 23.4. The minimum atomic E-state index is -1.94. The fourth-order valence-electron chi connectivity index (χ4n) is 5.65. The minimum Gasteiger partial charge on any atom is -1.00 e. The van der Waals surface area contributed by atoms with Crippen LogP contribution in [0.2, 0.25) is 0 Å². The predicted octanol–water partition coefficient (Wildman–Crippen LogP) is 4.36. The Bertz CT molecular complexity index is 1790. The maximum absolute atomic E-state index is 7.11. The smallest absolute Gasteiger partial charge is 1.00 e. The Morgan fingerprint density at radius 2 is 0.679 bits per heavy atom. The maximum Gasteiger partial charge on any atom is -1.00 e. The van der Waals surface area contributed by atoms with Crippen LogP contribution in [-0.4, -0.2) is 9.49 Å². The number of para-hydroxylation sites is 2. The molecule has 6 aromatic carbocycles. The topological polar surface area (TPSA) is 18.5 Å². The Hall–Kier alpha value is -2.06. The van der Waals surface area contributed by atoms with Gasteiger partial charge >= 0.3 is 331 Å². The second-order valence-corrected chi connectivity index (χ2v) is 23.5. The zero-order chi connectivity index (χ0) is 35.8. The van der Waals surface area contributed by atoms with Crippen LogP contribution in [-0.2, 0) is 24.1 Å². The number of hydrogen-bond donors (Lipinski definition) is 0. The van der Waals surface area contributed by atoms with E-state index in [0.29, 0.717) is 0 Å². The Morgan fingerprint density at radius 1 is 0.396 bits per heavy atom. The molecule has 0 aliphatic rings. The van der Waals surface area contributed by atoms with Crippen molar-refractivity contribution in [2.45, 2.75) is 60.8 Å². The zero-order valence-corrected chi connectivity index (χ0v) is 38.2. The number of thioether (sulfide) groups is 2. The Morgan fingerprint density at radius 3 is 0.943 bits per heavy atom. The largest absolute Gasteiger partial charge is 1.00 e. The summed E-state index contributed by atoms with van der Waals surface area (Å²) >= 11 is 1.79. The van der Waals surface area contributed by atoms with E-state index < -0.39 is 40.0 Å². The van der Waals surface area contributed by atoms with E-state index >= 15 is 0 Å². The van der Waals surface area contributed by atoms with E-state index in [2.05, 4.69) is 199 Å². The van der Waals surface area contributed by atoms with E-state index in [-0.39, 0.29) is 34.3 Å². The number of benzene rings is 6. The second-order valence-electron chi connectivity index (χ2n) is 13.9. The van der Waals surface area contributed by atoms with Gasteiger partial charge in [0, 0.05) is 0 Å². The summed E-state index contributed by atoms with van der Waals surface area (Å²) in [5.41, 5.74) is 0. The first-order valence-electron chi connectivity index (χ1n) is 17.1. The monoisotopic (exact) mass is 890 g/mol. The third-order valence-corrected chi connectivity index (χ3v) is 16.2. The van der Waals surface area contributed by atoms with Gasteiger partial charge in [-0.05, 0) is 0 Å². The van der Waals surface area contributed by atoms with Crippen molar-refractivity contribution in [2.75, 3.05) is 0 Å². The van der Waals surface area contributed by atoms with Crippen LogP contribution in [0.4, 0.5) is 0 Å². The maximum atomic E-state index is 7.11. The van der Waals surface area contributed by atoms with E-state index in [1.807, 2.05) is 23.5 Å². The van der Waals surface area contributed by atoms with Gasteiger partial charge in [0.1, 0.15) is 0 Å². The van der Waals surface area contributed by atoms with Gasteiger partial charge in [-0.15, -0.1) is 0 Å². The van der Waals surface area contributed by atoms with Gasteiger partial charge in [0.15, 0.2) is 0 Å². The van der Waals surface area contributed by atoms with Crippen molar-refractivity contribution in [3.05, 3.63) is 158 Å². The molecule has 0 aliphatic carbocycles. The van der Waals surface area contributed by atoms with Crippen molar-refractivity contribution >= 4 is 71.2 Å². The van der Waals surface area contributed by atoms with Gasteiger partial charge in [0.25, 0.3) is 0 Å². The molecule has 53 heavy (non-hydrogen) atoms. The van der Waals surface area contributed by atoms with E-state index in [1.165, 1.54) is 31.8 Å². The molecule has 0 aliphatic heterocycles. The Balaban J connectivity index is 0.00000314. The van der Waals surface area contributed by atoms with E-state index in [0.717, 1.165) is 21.3 Å². The molecule has 0 N–H and O–H groups in total. The summed E-state index contributed by atoms with van der Waals surface area (Å²) in [4.78, 5) is 2.33.